The quantitative estimate of drug-likeness (QED) is 0.845. The van der Waals surface area contributed by atoms with Crippen LogP contribution in [0.4, 0.5) is 4.39 Å². The molecule has 1 aromatic carbocycles. The second-order valence-electron chi connectivity index (χ2n) is 4.71. The van der Waals surface area contributed by atoms with Crippen molar-refractivity contribution in [1.29, 1.82) is 0 Å². The molecule has 0 spiro atoms. The zero-order valence-electron chi connectivity index (χ0n) is 9.62. The minimum Gasteiger partial charge on any atom is -0.387 e. The fourth-order valence-electron chi connectivity index (χ4n) is 2.39. The number of hydrogen-bond donors (Lipinski definition) is 1. The van der Waals surface area contributed by atoms with Gasteiger partial charge in [0.2, 0.25) is 0 Å². The molecule has 2 nitrogen and oxygen atoms in total. The Balaban J connectivity index is 1.88. The van der Waals surface area contributed by atoms with Gasteiger partial charge in [0.15, 0.2) is 0 Å². The molecular weight excluding hydrogens is 205 g/mol. The molecule has 0 radical (unpaired) electrons. The number of rotatable bonds is 4. The fraction of sp³-hybridized carbons (Fsp3) is 0.538. The zero-order valence-corrected chi connectivity index (χ0v) is 9.62. The van der Waals surface area contributed by atoms with Gasteiger partial charge in [-0.3, -0.25) is 4.90 Å². The summed E-state index contributed by atoms with van der Waals surface area (Å²) in [7, 11) is 0. The molecule has 88 valence electrons. The molecule has 0 amide bonds. The lowest BCUT2D eigenvalue weighted by molar-refractivity contribution is -0.107. The predicted octanol–water partition coefficient (Wildman–Crippen LogP) is 2.17. The van der Waals surface area contributed by atoms with E-state index in [0.29, 0.717) is 25.2 Å². The Bertz CT molecular complexity index is 361. The normalized spacial score (nSPS) is 19.4. The van der Waals surface area contributed by atoms with Gasteiger partial charge in [0.05, 0.1) is 5.60 Å². The zero-order chi connectivity index (χ0) is 11.6. The molecule has 16 heavy (non-hydrogen) atoms. The van der Waals surface area contributed by atoms with E-state index >= 15 is 0 Å². The third kappa shape index (κ3) is 2.42. The number of nitrogens with zero attached hydrogens (tertiary/aromatic N) is 1. The summed E-state index contributed by atoms with van der Waals surface area (Å²) >= 11 is 0. The summed E-state index contributed by atoms with van der Waals surface area (Å²) in [6.07, 6.45) is 1.82. The SMILES string of the molecule is CCCC1(O)CN(Cc2ccccc2F)C1. The van der Waals surface area contributed by atoms with Crippen molar-refractivity contribution in [2.24, 2.45) is 0 Å². The van der Waals surface area contributed by atoms with Crippen molar-refractivity contribution in [2.45, 2.75) is 31.9 Å². The molecule has 1 saturated heterocycles. The lowest BCUT2D eigenvalue weighted by atomic mass is 9.89. The summed E-state index contributed by atoms with van der Waals surface area (Å²) in [5.41, 5.74) is 0.182. The minimum absolute atomic E-state index is 0.159. The molecule has 0 atom stereocenters. The van der Waals surface area contributed by atoms with E-state index in [1.165, 1.54) is 6.07 Å². The predicted molar refractivity (Wildman–Crippen MR) is 61.5 cm³/mol. The molecule has 1 aliphatic rings. The molecule has 1 aromatic rings. The van der Waals surface area contributed by atoms with Crippen LogP contribution in [0.5, 0.6) is 0 Å². The molecule has 0 saturated carbocycles. The second-order valence-corrected chi connectivity index (χ2v) is 4.71. The molecule has 2 rings (SSSR count). The van der Waals surface area contributed by atoms with Crippen LogP contribution in [-0.4, -0.2) is 28.7 Å². The lowest BCUT2D eigenvalue weighted by Crippen LogP contribution is -2.61. The van der Waals surface area contributed by atoms with Crippen molar-refractivity contribution >= 4 is 0 Å². The van der Waals surface area contributed by atoms with Crippen molar-refractivity contribution in [2.75, 3.05) is 13.1 Å². The molecule has 0 aromatic heterocycles. The first kappa shape index (κ1) is 11.6. The Kier molecular flexibility index (Phi) is 3.26. The molecule has 1 heterocycles. The summed E-state index contributed by atoms with van der Waals surface area (Å²) in [6.45, 7) is 3.99. The van der Waals surface area contributed by atoms with Gasteiger partial charge in [-0.25, -0.2) is 4.39 Å². The van der Waals surface area contributed by atoms with Gasteiger partial charge >= 0.3 is 0 Å². The number of likely N-dealkylation sites (tertiary alicyclic amines) is 1. The maximum Gasteiger partial charge on any atom is 0.127 e. The Labute approximate surface area is 95.7 Å². The van der Waals surface area contributed by atoms with E-state index < -0.39 is 5.60 Å². The highest BCUT2D eigenvalue weighted by molar-refractivity contribution is 5.18. The van der Waals surface area contributed by atoms with Crippen LogP contribution in [0.2, 0.25) is 0 Å². The number of benzene rings is 1. The highest BCUT2D eigenvalue weighted by Crippen LogP contribution is 2.27. The highest BCUT2D eigenvalue weighted by atomic mass is 19.1. The maximum absolute atomic E-state index is 13.4. The van der Waals surface area contributed by atoms with E-state index in [0.717, 1.165) is 12.8 Å². The summed E-state index contributed by atoms with van der Waals surface area (Å²) in [6, 6.07) is 6.82. The van der Waals surface area contributed by atoms with E-state index in [1.807, 2.05) is 6.07 Å². The second kappa shape index (κ2) is 4.52. The van der Waals surface area contributed by atoms with Gasteiger partial charge in [0.25, 0.3) is 0 Å². The largest absolute Gasteiger partial charge is 0.387 e. The third-order valence-corrected chi connectivity index (χ3v) is 3.10. The first-order chi connectivity index (χ1) is 7.63. The molecule has 3 heteroatoms. The molecule has 1 fully saturated rings. The van der Waals surface area contributed by atoms with Gasteiger partial charge in [-0.2, -0.15) is 0 Å². The first-order valence-electron chi connectivity index (χ1n) is 5.81. The monoisotopic (exact) mass is 223 g/mol. The van der Waals surface area contributed by atoms with Crippen LogP contribution in [0, 0.1) is 5.82 Å². The topological polar surface area (TPSA) is 23.5 Å². The van der Waals surface area contributed by atoms with Crippen molar-refractivity contribution < 1.29 is 9.50 Å². The van der Waals surface area contributed by atoms with Gasteiger partial charge in [0.1, 0.15) is 5.82 Å². The molecule has 0 aliphatic carbocycles. The smallest absolute Gasteiger partial charge is 0.127 e. The van der Waals surface area contributed by atoms with Crippen molar-refractivity contribution in [3.8, 4) is 0 Å². The number of aliphatic hydroxyl groups is 1. The van der Waals surface area contributed by atoms with Gasteiger partial charge in [-0.05, 0) is 12.5 Å². The minimum atomic E-state index is -0.528. The van der Waals surface area contributed by atoms with Crippen LogP contribution in [0.1, 0.15) is 25.3 Å². The number of hydrogen-bond acceptors (Lipinski definition) is 2. The first-order valence-corrected chi connectivity index (χ1v) is 5.81. The van der Waals surface area contributed by atoms with Crippen LogP contribution in [0.3, 0.4) is 0 Å². The van der Waals surface area contributed by atoms with Crippen LogP contribution in [-0.2, 0) is 6.54 Å². The van der Waals surface area contributed by atoms with Crippen LogP contribution in [0.25, 0.3) is 0 Å². The van der Waals surface area contributed by atoms with E-state index in [9.17, 15) is 9.50 Å². The maximum atomic E-state index is 13.4. The number of halogens is 1. The van der Waals surface area contributed by atoms with Crippen molar-refractivity contribution in [3.05, 3.63) is 35.6 Å². The average molecular weight is 223 g/mol. The van der Waals surface area contributed by atoms with E-state index in [2.05, 4.69) is 11.8 Å². The summed E-state index contributed by atoms with van der Waals surface area (Å²) < 4.78 is 13.4. The van der Waals surface area contributed by atoms with Crippen LogP contribution in [0.15, 0.2) is 24.3 Å². The molecular formula is C13H18FNO. The molecule has 1 aliphatic heterocycles. The van der Waals surface area contributed by atoms with E-state index in [-0.39, 0.29) is 5.82 Å². The molecule has 0 bridgehead atoms. The van der Waals surface area contributed by atoms with E-state index in [1.54, 1.807) is 12.1 Å². The van der Waals surface area contributed by atoms with E-state index in [4.69, 9.17) is 0 Å². The average Bonchev–Trinajstić information content (AvgIpc) is 2.19. The van der Waals surface area contributed by atoms with Crippen molar-refractivity contribution in [3.63, 3.8) is 0 Å². The lowest BCUT2D eigenvalue weighted by Gasteiger charge is -2.46. The molecule has 0 unspecified atom stereocenters. The Morgan fingerprint density at radius 1 is 1.38 bits per heavy atom. The summed E-state index contributed by atoms with van der Waals surface area (Å²) in [4.78, 5) is 2.08. The van der Waals surface area contributed by atoms with Crippen LogP contribution >= 0.6 is 0 Å². The Hall–Kier alpha value is -0.930. The fourth-order valence-corrected chi connectivity index (χ4v) is 2.39. The summed E-state index contributed by atoms with van der Waals surface area (Å²) in [5, 5.41) is 9.99. The van der Waals surface area contributed by atoms with Gasteiger partial charge in [-0.15, -0.1) is 0 Å². The Morgan fingerprint density at radius 3 is 2.69 bits per heavy atom. The van der Waals surface area contributed by atoms with Gasteiger partial charge < -0.3 is 5.11 Å². The summed E-state index contributed by atoms with van der Waals surface area (Å²) in [5.74, 6) is -0.159. The highest BCUT2D eigenvalue weighted by Gasteiger charge is 2.39. The standard InChI is InChI=1S/C13H18FNO/c1-2-7-13(16)9-15(10-13)8-11-5-3-4-6-12(11)14/h3-6,16H,2,7-10H2,1H3. The number of β-amino-alcohol motifs (C(OH)–C–C–N with tert-alkyl or cyclic N) is 1. The third-order valence-electron chi connectivity index (χ3n) is 3.10. The van der Waals surface area contributed by atoms with Crippen LogP contribution < -0.4 is 0 Å². The molecule has 1 N–H and O–H groups in total. The van der Waals surface area contributed by atoms with Crippen molar-refractivity contribution in [1.82, 2.24) is 4.90 Å². The Morgan fingerprint density at radius 2 is 2.06 bits per heavy atom. The van der Waals surface area contributed by atoms with Gasteiger partial charge in [0, 0.05) is 25.2 Å². The van der Waals surface area contributed by atoms with Gasteiger partial charge in [-0.1, -0.05) is 31.5 Å².